The Hall–Kier alpha value is -1.93. The highest BCUT2D eigenvalue weighted by atomic mass is 16.1. The second-order valence-electron chi connectivity index (χ2n) is 5.16. The monoisotopic (exact) mass is 267 g/mol. The lowest BCUT2D eigenvalue weighted by Crippen LogP contribution is -2.29. The Morgan fingerprint density at radius 3 is 2.15 bits per heavy atom. The molecule has 0 fully saturated rings. The summed E-state index contributed by atoms with van der Waals surface area (Å²) in [7, 11) is 1.91. The summed E-state index contributed by atoms with van der Waals surface area (Å²) in [6.07, 6.45) is 1.46. The predicted octanol–water partition coefficient (Wildman–Crippen LogP) is 3.46. The van der Waals surface area contributed by atoms with Crippen LogP contribution in [-0.4, -0.2) is 18.9 Å². The van der Waals surface area contributed by atoms with E-state index in [2.05, 4.69) is 41.7 Å². The zero-order valence-electron chi connectivity index (χ0n) is 12.1. The molecule has 2 aromatic rings. The van der Waals surface area contributed by atoms with Gasteiger partial charge in [0.05, 0.1) is 0 Å². The summed E-state index contributed by atoms with van der Waals surface area (Å²) >= 11 is 0. The Kier molecular flexibility index (Phi) is 5.08. The summed E-state index contributed by atoms with van der Waals surface area (Å²) in [5.74, 6) is 0.227. The van der Waals surface area contributed by atoms with Gasteiger partial charge in [0, 0.05) is 12.5 Å². The van der Waals surface area contributed by atoms with Crippen LogP contribution in [0.25, 0.3) is 11.1 Å². The molecule has 2 aromatic carbocycles. The maximum Gasteiger partial charge on any atom is 0.131 e. The largest absolute Gasteiger partial charge is 0.316 e. The van der Waals surface area contributed by atoms with Crippen LogP contribution in [-0.2, 0) is 11.2 Å². The van der Waals surface area contributed by atoms with Crippen LogP contribution in [0.2, 0.25) is 0 Å². The highest BCUT2D eigenvalue weighted by Gasteiger charge is 2.09. The number of carbonyl (C=O) groups excluding carboxylic acids is 1. The smallest absolute Gasteiger partial charge is 0.131 e. The molecule has 0 spiro atoms. The minimum Gasteiger partial charge on any atom is -0.316 e. The van der Waals surface area contributed by atoms with E-state index in [1.54, 1.807) is 6.92 Å². The number of hydrogen-bond acceptors (Lipinski definition) is 2. The molecule has 0 aliphatic carbocycles. The molecule has 1 unspecified atom stereocenters. The number of carbonyl (C=O) groups is 1. The van der Waals surface area contributed by atoms with E-state index < -0.39 is 0 Å². The maximum atomic E-state index is 11.2. The van der Waals surface area contributed by atoms with Crippen molar-refractivity contribution in [3.63, 3.8) is 0 Å². The third kappa shape index (κ3) is 4.04. The number of Topliss-reactive ketones (excluding diaryl/α,β-unsaturated/α-hetero) is 1. The molecule has 0 saturated carbocycles. The molecule has 0 bridgehead atoms. The van der Waals surface area contributed by atoms with Crippen molar-refractivity contribution in [2.45, 2.75) is 25.8 Å². The lowest BCUT2D eigenvalue weighted by Gasteiger charge is -2.14. The molecule has 0 aliphatic rings. The Morgan fingerprint density at radius 1 is 1.00 bits per heavy atom. The molecule has 1 N–H and O–H groups in total. The summed E-state index contributed by atoms with van der Waals surface area (Å²) in [5.41, 5.74) is 3.71. The van der Waals surface area contributed by atoms with E-state index in [0.29, 0.717) is 6.42 Å². The summed E-state index contributed by atoms with van der Waals surface area (Å²) in [6.45, 7) is 1.64. The second-order valence-corrected chi connectivity index (χ2v) is 5.16. The topological polar surface area (TPSA) is 29.1 Å². The molecule has 1 atom stereocenters. The summed E-state index contributed by atoms with van der Waals surface area (Å²) in [6, 6.07) is 19.1. The van der Waals surface area contributed by atoms with Gasteiger partial charge in [0.1, 0.15) is 5.78 Å². The molecule has 2 rings (SSSR count). The van der Waals surface area contributed by atoms with E-state index in [9.17, 15) is 4.79 Å². The van der Waals surface area contributed by atoms with E-state index >= 15 is 0 Å². The molecular weight excluding hydrogens is 246 g/mol. The van der Waals surface area contributed by atoms with E-state index in [1.807, 2.05) is 25.2 Å². The van der Waals surface area contributed by atoms with Gasteiger partial charge in [0.25, 0.3) is 0 Å². The maximum absolute atomic E-state index is 11.2. The molecule has 0 radical (unpaired) electrons. The van der Waals surface area contributed by atoms with Gasteiger partial charge in [-0.05, 0) is 37.1 Å². The van der Waals surface area contributed by atoms with Crippen molar-refractivity contribution in [1.82, 2.24) is 5.32 Å². The van der Waals surface area contributed by atoms with Crippen molar-refractivity contribution in [3.05, 3.63) is 60.2 Å². The molecule has 0 amide bonds. The van der Waals surface area contributed by atoms with Crippen LogP contribution in [0.5, 0.6) is 0 Å². The number of benzene rings is 2. The molecule has 104 valence electrons. The van der Waals surface area contributed by atoms with Gasteiger partial charge in [-0.25, -0.2) is 0 Å². The predicted molar refractivity (Wildman–Crippen MR) is 83.7 cm³/mol. The van der Waals surface area contributed by atoms with Gasteiger partial charge in [-0.1, -0.05) is 54.6 Å². The summed E-state index contributed by atoms with van der Waals surface area (Å²) < 4.78 is 0. The Labute approximate surface area is 120 Å². The average Bonchev–Trinajstić information content (AvgIpc) is 2.48. The zero-order valence-corrected chi connectivity index (χ0v) is 12.1. The van der Waals surface area contributed by atoms with Crippen LogP contribution in [0, 0.1) is 0 Å². The number of hydrogen-bond donors (Lipinski definition) is 1. The first-order valence-electron chi connectivity index (χ1n) is 7.00. The minimum absolute atomic E-state index is 0.218. The fraction of sp³-hybridized carbons (Fsp3) is 0.278. The quantitative estimate of drug-likeness (QED) is 0.868. The van der Waals surface area contributed by atoms with Crippen LogP contribution in [0.15, 0.2) is 54.6 Å². The van der Waals surface area contributed by atoms with Gasteiger partial charge < -0.3 is 5.32 Å². The number of rotatable bonds is 6. The fourth-order valence-corrected chi connectivity index (χ4v) is 2.37. The molecule has 20 heavy (non-hydrogen) atoms. The van der Waals surface area contributed by atoms with Gasteiger partial charge in [-0.3, -0.25) is 4.79 Å². The average molecular weight is 267 g/mol. The number of ketones is 1. The first-order chi connectivity index (χ1) is 9.69. The Morgan fingerprint density at radius 2 is 1.60 bits per heavy atom. The molecule has 2 nitrogen and oxygen atoms in total. The van der Waals surface area contributed by atoms with Crippen LogP contribution >= 0.6 is 0 Å². The third-order valence-corrected chi connectivity index (χ3v) is 3.49. The molecule has 0 aromatic heterocycles. The van der Waals surface area contributed by atoms with Crippen LogP contribution in [0.3, 0.4) is 0 Å². The highest BCUT2D eigenvalue weighted by Crippen LogP contribution is 2.19. The third-order valence-electron chi connectivity index (χ3n) is 3.49. The first-order valence-corrected chi connectivity index (χ1v) is 7.00. The molecular formula is C18H21NO. The Bertz CT molecular complexity index is 545. The summed E-state index contributed by atoms with van der Waals surface area (Å²) in [5, 5.41) is 3.21. The van der Waals surface area contributed by atoms with Crippen molar-refractivity contribution in [2.75, 3.05) is 7.05 Å². The fourth-order valence-electron chi connectivity index (χ4n) is 2.37. The van der Waals surface area contributed by atoms with Crippen molar-refractivity contribution >= 4 is 5.78 Å². The van der Waals surface area contributed by atoms with Gasteiger partial charge in [-0.2, -0.15) is 0 Å². The second kappa shape index (κ2) is 7.01. The van der Waals surface area contributed by atoms with E-state index in [1.165, 1.54) is 16.7 Å². The molecule has 0 saturated heterocycles. The molecule has 0 heterocycles. The molecule has 0 aliphatic heterocycles. The first kappa shape index (κ1) is 14.5. The number of nitrogens with one attached hydrogen (secondary N) is 1. The lowest BCUT2D eigenvalue weighted by atomic mass is 9.99. The summed E-state index contributed by atoms with van der Waals surface area (Å²) in [4.78, 5) is 11.2. The van der Waals surface area contributed by atoms with Crippen molar-refractivity contribution in [2.24, 2.45) is 0 Å². The highest BCUT2D eigenvalue weighted by molar-refractivity contribution is 5.76. The lowest BCUT2D eigenvalue weighted by molar-refractivity contribution is -0.117. The number of likely N-dealkylation sites (N-methyl/N-ethyl adjacent to an activating group) is 1. The van der Waals surface area contributed by atoms with Crippen molar-refractivity contribution in [1.29, 1.82) is 0 Å². The normalized spacial score (nSPS) is 12.1. The van der Waals surface area contributed by atoms with Crippen LogP contribution < -0.4 is 5.32 Å². The van der Waals surface area contributed by atoms with Crippen molar-refractivity contribution < 1.29 is 4.79 Å². The van der Waals surface area contributed by atoms with E-state index in [0.717, 1.165) is 6.42 Å². The van der Waals surface area contributed by atoms with Gasteiger partial charge in [-0.15, -0.1) is 0 Å². The van der Waals surface area contributed by atoms with Crippen LogP contribution in [0.1, 0.15) is 18.9 Å². The minimum atomic E-state index is 0.218. The Balaban J connectivity index is 2.06. The van der Waals surface area contributed by atoms with E-state index in [-0.39, 0.29) is 11.8 Å². The van der Waals surface area contributed by atoms with Gasteiger partial charge in [0.15, 0.2) is 0 Å². The van der Waals surface area contributed by atoms with Gasteiger partial charge in [0.2, 0.25) is 0 Å². The zero-order chi connectivity index (χ0) is 14.4. The van der Waals surface area contributed by atoms with Crippen molar-refractivity contribution in [3.8, 4) is 11.1 Å². The van der Waals surface area contributed by atoms with Crippen LogP contribution in [0.4, 0.5) is 0 Å². The van der Waals surface area contributed by atoms with Gasteiger partial charge >= 0.3 is 0 Å². The SMILES string of the molecule is CNC(CC(C)=O)Cc1ccc(-c2ccccc2)cc1. The molecule has 2 heteroatoms. The van der Waals surface area contributed by atoms with E-state index in [4.69, 9.17) is 0 Å². The standard InChI is InChI=1S/C18H21NO/c1-14(20)12-18(19-2)13-15-8-10-17(11-9-15)16-6-4-3-5-7-16/h3-11,18-19H,12-13H2,1-2H3.